The molecule has 1 unspecified atom stereocenters. The zero-order valence-electron chi connectivity index (χ0n) is 9.64. The van der Waals surface area contributed by atoms with Crippen molar-refractivity contribution in [2.24, 2.45) is 0 Å². The summed E-state index contributed by atoms with van der Waals surface area (Å²) in [5.41, 5.74) is 0.864. The van der Waals surface area contributed by atoms with Gasteiger partial charge >= 0.3 is 6.61 Å². The number of thiazole rings is 1. The fourth-order valence-corrected chi connectivity index (χ4v) is 2.14. The topological polar surface area (TPSA) is 34.2 Å². The molecular formula is C12H12F2N2OS. The van der Waals surface area contributed by atoms with Gasteiger partial charge in [0.15, 0.2) is 5.13 Å². The van der Waals surface area contributed by atoms with Gasteiger partial charge in [-0.15, -0.1) is 11.3 Å². The van der Waals surface area contributed by atoms with Crippen molar-refractivity contribution in [2.75, 3.05) is 5.32 Å². The minimum Gasteiger partial charge on any atom is -0.435 e. The van der Waals surface area contributed by atoms with E-state index in [1.807, 2.05) is 18.4 Å². The molecule has 0 aliphatic heterocycles. The molecule has 1 heterocycles. The first-order valence-corrected chi connectivity index (χ1v) is 6.24. The van der Waals surface area contributed by atoms with Crippen LogP contribution in [0.25, 0.3) is 0 Å². The van der Waals surface area contributed by atoms with E-state index in [-0.39, 0.29) is 11.8 Å². The van der Waals surface area contributed by atoms with Gasteiger partial charge < -0.3 is 10.1 Å². The van der Waals surface area contributed by atoms with Crippen LogP contribution in [0.3, 0.4) is 0 Å². The van der Waals surface area contributed by atoms with Crippen LogP contribution in [0.2, 0.25) is 0 Å². The molecule has 96 valence electrons. The van der Waals surface area contributed by atoms with Gasteiger partial charge in [0.1, 0.15) is 5.75 Å². The summed E-state index contributed by atoms with van der Waals surface area (Å²) in [5.74, 6) is 0.162. The number of hydrogen-bond acceptors (Lipinski definition) is 4. The van der Waals surface area contributed by atoms with Crippen molar-refractivity contribution in [2.45, 2.75) is 19.6 Å². The summed E-state index contributed by atoms with van der Waals surface area (Å²) in [4.78, 5) is 4.11. The van der Waals surface area contributed by atoms with Gasteiger partial charge in [-0.2, -0.15) is 8.78 Å². The minimum atomic E-state index is -2.80. The number of rotatable bonds is 5. The average Bonchev–Trinajstić information content (AvgIpc) is 2.81. The largest absolute Gasteiger partial charge is 0.435 e. The van der Waals surface area contributed by atoms with E-state index in [1.54, 1.807) is 18.3 Å². The van der Waals surface area contributed by atoms with Gasteiger partial charge in [0.05, 0.1) is 6.04 Å². The number of anilines is 1. The molecule has 3 nitrogen and oxygen atoms in total. The van der Waals surface area contributed by atoms with Gasteiger partial charge in [-0.1, -0.05) is 12.1 Å². The number of aromatic nitrogens is 1. The van der Waals surface area contributed by atoms with E-state index < -0.39 is 6.61 Å². The Hall–Kier alpha value is -1.69. The van der Waals surface area contributed by atoms with Gasteiger partial charge in [-0.05, 0) is 24.6 Å². The zero-order valence-corrected chi connectivity index (χ0v) is 10.5. The Kier molecular flexibility index (Phi) is 4.09. The highest BCUT2D eigenvalue weighted by Gasteiger charge is 2.09. The van der Waals surface area contributed by atoms with Gasteiger partial charge in [0.2, 0.25) is 0 Å². The molecule has 2 rings (SSSR count). The van der Waals surface area contributed by atoms with Crippen LogP contribution in [0.1, 0.15) is 18.5 Å². The average molecular weight is 270 g/mol. The monoisotopic (exact) mass is 270 g/mol. The molecule has 0 saturated heterocycles. The summed E-state index contributed by atoms with van der Waals surface area (Å²) in [6.07, 6.45) is 1.70. The second kappa shape index (κ2) is 5.77. The van der Waals surface area contributed by atoms with Gasteiger partial charge in [0.25, 0.3) is 0 Å². The molecule has 0 saturated carbocycles. The molecule has 0 spiro atoms. The normalized spacial score (nSPS) is 12.4. The van der Waals surface area contributed by atoms with E-state index in [9.17, 15) is 8.78 Å². The number of ether oxygens (including phenoxy) is 1. The van der Waals surface area contributed by atoms with Crippen LogP contribution >= 0.6 is 11.3 Å². The maximum Gasteiger partial charge on any atom is 0.387 e. The molecule has 6 heteroatoms. The Bertz CT molecular complexity index is 491. The lowest BCUT2D eigenvalue weighted by Gasteiger charge is -2.14. The Morgan fingerprint density at radius 1 is 1.39 bits per heavy atom. The molecule has 0 radical (unpaired) electrons. The zero-order chi connectivity index (χ0) is 13.0. The molecule has 0 fully saturated rings. The molecule has 1 aromatic carbocycles. The first-order valence-electron chi connectivity index (χ1n) is 5.36. The Morgan fingerprint density at radius 2 is 2.22 bits per heavy atom. The lowest BCUT2D eigenvalue weighted by Crippen LogP contribution is -2.07. The quantitative estimate of drug-likeness (QED) is 0.894. The summed E-state index contributed by atoms with van der Waals surface area (Å²) in [5, 5.41) is 5.84. The second-order valence-electron chi connectivity index (χ2n) is 3.65. The van der Waals surface area contributed by atoms with Crippen LogP contribution < -0.4 is 10.1 Å². The number of alkyl halides is 2. The van der Waals surface area contributed by atoms with Crippen LogP contribution in [0.5, 0.6) is 5.75 Å². The van der Waals surface area contributed by atoms with Crippen molar-refractivity contribution in [1.82, 2.24) is 4.98 Å². The van der Waals surface area contributed by atoms with Crippen LogP contribution in [0, 0.1) is 0 Å². The summed E-state index contributed by atoms with van der Waals surface area (Å²) in [6, 6.07) is 6.61. The summed E-state index contributed by atoms with van der Waals surface area (Å²) >= 11 is 1.49. The van der Waals surface area contributed by atoms with E-state index in [1.165, 1.54) is 17.4 Å². The number of benzene rings is 1. The molecule has 1 atom stereocenters. The summed E-state index contributed by atoms with van der Waals surface area (Å²) in [6.45, 7) is -0.870. The third kappa shape index (κ3) is 3.40. The predicted octanol–water partition coefficient (Wildman–Crippen LogP) is 3.92. The van der Waals surface area contributed by atoms with Crippen LogP contribution in [0.15, 0.2) is 35.8 Å². The van der Waals surface area contributed by atoms with Crippen molar-refractivity contribution in [1.29, 1.82) is 0 Å². The van der Waals surface area contributed by atoms with Crippen LogP contribution in [-0.4, -0.2) is 11.6 Å². The van der Waals surface area contributed by atoms with E-state index in [0.29, 0.717) is 0 Å². The molecule has 0 aliphatic rings. The number of nitrogens with zero attached hydrogens (tertiary/aromatic N) is 1. The standard InChI is InChI=1S/C12H12F2N2OS/c1-8(16-12-15-5-6-18-12)9-3-2-4-10(7-9)17-11(13)14/h2-8,11H,1H3,(H,15,16). The van der Waals surface area contributed by atoms with Crippen molar-refractivity contribution in [3.8, 4) is 5.75 Å². The number of halogens is 2. The van der Waals surface area contributed by atoms with E-state index in [2.05, 4.69) is 15.0 Å². The van der Waals surface area contributed by atoms with E-state index >= 15 is 0 Å². The number of hydrogen-bond donors (Lipinski definition) is 1. The maximum absolute atomic E-state index is 12.1. The fraction of sp³-hybridized carbons (Fsp3) is 0.250. The first-order chi connectivity index (χ1) is 8.65. The van der Waals surface area contributed by atoms with Crippen molar-refractivity contribution in [3.05, 3.63) is 41.4 Å². The second-order valence-corrected chi connectivity index (χ2v) is 4.55. The maximum atomic E-state index is 12.1. The molecule has 18 heavy (non-hydrogen) atoms. The molecule has 0 amide bonds. The molecule has 2 aromatic rings. The van der Waals surface area contributed by atoms with Gasteiger partial charge in [-0.25, -0.2) is 4.98 Å². The lowest BCUT2D eigenvalue weighted by atomic mass is 10.1. The van der Waals surface area contributed by atoms with Gasteiger partial charge in [-0.3, -0.25) is 0 Å². The molecule has 1 aromatic heterocycles. The van der Waals surface area contributed by atoms with Crippen molar-refractivity contribution >= 4 is 16.5 Å². The molecule has 1 N–H and O–H groups in total. The first kappa shape index (κ1) is 12.8. The smallest absolute Gasteiger partial charge is 0.387 e. The SMILES string of the molecule is CC(Nc1nccs1)c1cccc(OC(F)F)c1. The van der Waals surface area contributed by atoms with Crippen molar-refractivity contribution in [3.63, 3.8) is 0 Å². The molecule has 0 bridgehead atoms. The molecular weight excluding hydrogens is 258 g/mol. The Balaban J connectivity index is 2.07. The Labute approximate surface area is 107 Å². The van der Waals surface area contributed by atoms with E-state index in [0.717, 1.165) is 10.7 Å². The third-order valence-corrected chi connectivity index (χ3v) is 3.06. The lowest BCUT2D eigenvalue weighted by molar-refractivity contribution is -0.0498. The third-order valence-electron chi connectivity index (χ3n) is 2.36. The summed E-state index contributed by atoms with van der Waals surface area (Å²) < 4.78 is 28.6. The van der Waals surface area contributed by atoms with Crippen molar-refractivity contribution < 1.29 is 13.5 Å². The molecule has 0 aliphatic carbocycles. The summed E-state index contributed by atoms with van der Waals surface area (Å²) in [7, 11) is 0. The minimum absolute atomic E-state index is 0.0302. The highest BCUT2D eigenvalue weighted by Crippen LogP contribution is 2.24. The fourth-order valence-electron chi connectivity index (χ4n) is 1.52. The highest BCUT2D eigenvalue weighted by molar-refractivity contribution is 7.13. The van der Waals surface area contributed by atoms with E-state index in [4.69, 9.17) is 0 Å². The highest BCUT2D eigenvalue weighted by atomic mass is 32.1. The van der Waals surface area contributed by atoms with Gasteiger partial charge in [0, 0.05) is 11.6 Å². The van der Waals surface area contributed by atoms with Crippen LogP contribution in [0.4, 0.5) is 13.9 Å². The predicted molar refractivity (Wildman–Crippen MR) is 67.2 cm³/mol. The number of nitrogens with one attached hydrogen (secondary N) is 1. The Morgan fingerprint density at radius 3 is 2.89 bits per heavy atom. The van der Waals surface area contributed by atoms with Crippen LogP contribution in [-0.2, 0) is 0 Å².